The molecule has 1 aliphatic rings. The van der Waals surface area contributed by atoms with Gasteiger partial charge in [0.15, 0.2) is 0 Å². The standard InChI is InChI=1S/C13H21N3/c1-11-5-3-2-4-8-16(11)10-12-6-7-13(14)15-9-12/h6-7,9,11H,2-5,8,10H2,1H3,(H2,14,15). The van der Waals surface area contributed by atoms with Crippen LogP contribution in [0.3, 0.4) is 0 Å². The molecular weight excluding hydrogens is 198 g/mol. The number of hydrogen-bond acceptors (Lipinski definition) is 3. The second kappa shape index (κ2) is 5.30. The molecule has 0 aliphatic carbocycles. The molecule has 2 N–H and O–H groups in total. The largest absolute Gasteiger partial charge is 0.384 e. The van der Waals surface area contributed by atoms with Crippen LogP contribution < -0.4 is 5.73 Å². The molecule has 3 nitrogen and oxygen atoms in total. The third kappa shape index (κ3) is 2.95. The Morgan fingerprint density at radius 3 is 3.00 bits per heavy atom. The Labute approximate surface area is 97.7 Å². The molecular formula is C13H21N3. The van der Waals surface area contributed by atoms with Crippen molar-refractivity contribution >= 4 is 5.82 Å². The van der Waals surface area contributed by atoms with E-state index in [1.54, 1.807) is 0 Å². The van der Waals surface area contributed by atoms with E-state index in [4.69, 9.17) is 5.73 Å². The predicted molar refractivity (Wildman–Crippen MR) is 67.0 cm³/mol. The Bertz CT molecular complexity index is 320. The van der Waals surface area contributed by atoms with Gasteiger partial charge in [0.25, 0.3) is 0 Å². The first-order valence-corrected chi connectivity index (χ1v) is 6.20. The molecule has 0 bridgehead atoms. The third-order valence-electron chi connectivity index (χ3n) is 3.42. The average Bonchev–Trinajstić information content (AvgIpc) is 2.48. The van der Waals surface area contributed by atoms with Gasteiger partial charge in [0.2, 0.25) is 0 Å². The molecule has 1 fully saturated rings. The SMILES string of the molecule is CC1CCCCCN1Cc1ccc(N)nc1. The van der Waals surface area contributed by atoms with Crippen molar-refractivity contribution in [2.75, 3.05) is 12.3 Å². The second-order valence-corrected chi connectivity index (χ2v) is 4.76. The van der Waals surface area contributed by atoms with Crippen LogP contribution in [0.2, 0.25) is 0 Å². The molecule has 0 amide bonds. The van der Waals surface area contributed by atoms with Gasteiger partial charge in [-0.1, -0.05) is 18.9 Å². The fourth-order valence-electron chi connectivity index (χ4n) is 2.33. The van der Waals surface area contributed by atoms with E-state index in [2.05, 4.69) is 22.9 Å². The maximum Gasteiger partial charge on any atom is 0.123 e. The zero-order valence-electron chi connectivity index (χ0n) is 10.0. The number of nitrogens with two attached hydrogens (primary N) is 1. The van der Waals surface area contributed by atoms with Crippen LogP contribution in [0.4, 0.5) is 5.82 Å². The molecule has 2 rings (SSSR count). The van der Waals surface area contributed by atoms with Crippen LogP contribution in [0.25, 0.3) is 0 Å². The molecule has 0 saturated carbocycles. The van der Waals surface area contributed by atoms with E-state index in [0.717, 1.165) is 6.54 Å². The van der Waals surface area contributed by atoms with E-state index in [0.29, 0.717) is 11.9 Å². The minimum Gasteiger partial charge on any atom is -0.384 e. The molecule has 1 aliphatic heterocycles. The number of hydrogen-bond donors (Lipinski definition) is 1. The lowest BCUT2D eigenvalue weighted by Gasteiger charge is -2.26. The first-order chi connectivity index (χ1) is 7.75. The monoisotopic (exact) mass is 219 g/mol. The fraction of sp³-hybridized carbons (Fsp3) is 0.615. The van der Waals surface area contributed by atoms with Crippen molar-refractivity contribution in [2.45, 2.75) is 45.2 Å². The quantitative estimate of drug-likeness (QED) is 0.830. The summed E-state index contributed by atoms with van der Waals surface area (Å²) in [6, 6.07) is 4.66. The zero-order chi connectivity index (χ0) is 11.4. The Morgan fingerprint density at radius 1 is 1.38 bits per heavy atom. The normalized spacial score (nSPS) is 22.9. The van der Waals surface area contributed by atoms with E-state index >= 15 is 0 Å². The van der Waals surface area contributed by atoms with Crippen molar-refractivity contribution in [1.29, 1.82) is 0 Å². The number of nitrogens with zero attached hydrogens (tertiary/aromatic N) is 2. The zero-order valence-corrected chi connectivity index (χ0v) is 10.0. The molecule has 88 valence electrons. The minimum absolute atomic E-state index is 0.604. The van der Waals surface area contributed by atoms with E-state index in [1.807, 2.05) is 12.3 Å². The van der Waals surface area contributed by atoms with Crippen LogP contribution in [-0.2, 0) is 6.54 Å². The van der Waals surface area contributed by atoms with E-state index in [9.17, 15) is 0 Å². The summed E-state index contributed by atoms with van der Waals surface area (Å²) < 4.78 is 0. The van der Waals surface area contributed by atoms with Gasteiger partial charge in [-0.3, -0.25) is 4.90 Å². The number of aromatic nitrogens is 1. The Balaban J connectivity index is 1.99. The maximum absolute atomic E-state index is 5.59. The van der Waals surface area contributed by atoms with E-state index in [1.165, 1.54) is 37.8 Å². The predicted octanol–water partition coefficient (Wildman–Crippen LogP) is 2.43. The van der Waals surface area contributed by atoms with Crippen molar-refractivity contribution in [3.63, 3.8) is 0 Å². The van der Waals surface area contributed by atoms with E-state index in [-0.39, 0.29) is 0 Å². The molecule has 0 aromatic carbocycles. The summed E-state index contributed by atoms with van der Waals surface area (Å²) in [7, 11) is 0. The summed E-state index contributed by atoms with van der Waals surface area (Å²) in [5, 5.41) is 0. The molecule has 0 radical (unpaired) electrons. The van der Waals surface area contributed by atoms with Gasteiger partial charge in [-0.05, 0) is 37.9 Å². The summed E-state index contributed by atoms with van der Waals surface area (Å²) in [5.41, 5.74) is 6.85. The molecule has 1 saturated heterocycles. The Kier molecular flexibility index (Phi) is 3.78. The highest BCUT2D eigenvalue weighted by Crippen LogP contribution is 2.18. The van der Waals surface area contributed by atoms with Crippen LogP contribution in [0.5, 0.6) is 0 Å². The van der Waals surface area contributed by atoms with Gasteiger partial charge in [-0.25, -0.2) is 4.98 Å². The lowest BCUT2D eigenvalue weighted by Crippen LogP contribution is -2.31. The Morgan fingerprint density at radius 2 is 2.25 bits per heavy atom. The van der Waals surface area contributed by atoms with Crippen molar-refractivity contribution < 1.29 is 0 Å². The molecule has 1 aromatic heterocycles. The molecule has 1 unspecified atom stereocenters. The van der Waals surface area contributed by atoms with Gasteiger partial charge in [0.05, 0.1) is 0 Å². The number of nitrogen functional groups attached to an aromatic ring is 1. The van der Waals surface area contributed by atoms with Crippen LogP contribution in [0, 0.1) is 0 Å². The van der Waals surface area contributed by atoms with Crippen molar-refractivity contribution in [1.82, 2.24) is 9.88 Å². The number of anilines is 1. The summed E-state index contributed by atoms with van der Waals surface area (Å²) in [6.45, 7) is 4.55. The first-order valence-electron chi connectivity index (χ1n) is 6.20. The number of pyridine rings is 1. The lowest BCUT2D eigenvalue weighted by molar-refractivity contribution is 0.204. The molecule has 0 spiro atoms. The summed E-state index contributed by atoms with van der Waals surface area (Å²) in [5.74, 6) is 0.604. The minimum atomic E-state index is 0.604. The molecule has 16 heavy (non-hydrogen) atoms. The van der Waals surface area contributed by atoms with E-state index < -0.39 is 0 Å². The van der Waals surface area contributed by atoms with Crippen molar-refractivity contribution in [3.8, 4) is 0 Å². The topological polar surface area (TPSA) is 42.1 Å². The second-order valence-electron chi connectivity index (χ2n) is 4.76. The van der Waals surface area contributed by atoms with Crippen LogP contribution in [0.15, 0.2) is 18.3 Å². The van der Waals surface area contributed by atoms with Gasteiger partial charge in [-0.15, -0.1) is 0 Å². The van der Waals surface area contributed by atoms with Gasteiger partial charge in [0, 0.05) is 18.8 Å². The van der Waals surface area contributed by atoms with Crippen molar-refractivity contribution in [3.05, 3.63) is 23.9 Å². The smallest absolute Gasteiger partial charge is 0.123 e. The first kappa shape index (κ1) is 11.4. The van der Waals surface area contributed by atoms with Gasteiger partial charge in [-0.2, -0.15) is 0 Å². The van der Waals surface area contributed by atoms with Gasteiger partial charge >= 0.3 is 0 Å². The Hall–Kier alpha value is -1.09. The summed E-state index contributed by atoms with van der Waals surface area (Å²) in [4.78, 5) is 6.70. The molecule has 2 heterocycles. The lowest BCUT2D eigenvalue weighted by atomic mass is 10.1. The molecule has 3 heteroatoms. The average molecular weight is 219 g/mol. The van der Waals surface area contributed by atoms with Crippen LogP contribution in [-0.4, -0.2) is 22.5 Å². The fourth-order valence-corrected chi connectivity index (χ4v) is 2.33. The number of likely N-dealkylation sites (tertiary alicyclic amines) is 1. The highest BCUT2D eigenvalue weighted by atomic mass is 15.1. The molecule has 1 atom stereocenters. The van der Waals surface area contributed by atoms with Crippen LogP contribution in [0.1, 0.15) is 38.2 Å². The van der Waals surface area contributed by atoms with Crippen LogP contribution >= 0.6 is 0 Å². The number of rotatable bonds is 2. The highest BCUT2D eigenvalue weighted by molar-refractivity contribution is 5.29. The maximum atomic E-state index is 5.59. The highest BCUT2D eigenvalue weighted by Gasteiger charge is 2.16. The van der Waals surface area contributed by atoms with Crippen molar-refractivity contribution in [2.24, 2.45) is 0 Å². The third-order valence-corrected chi connectivity index (χ3v) is 3.42. The van der Waals surface area contributed by atoms with Gasteiger partial charge < -0.3 is 5.73 Å². The summed E-state index contributed by atoms with van der Waals surface area (Å²) >= 11 is 0. The summed E-state index contributed by atoms with van der Waals surface area (Å²) in [6.07, 6.45) is 7.29. The van der Waals surface area contributed by atoms with Gasteiger partial charge in [0.1, 0.15) is 5.82 Å². The molecule has 1 aromatic rings.